The lowest BCUT2D eigenvalue weighted by atomic mass is 10.1. The molecule has 0 aromatic rings. The molecular weight excluding hydrogens is 164 g/mol. The molecule has 1 saturated heterocycles. The summed E-state index contributed by atoms with van der Waals surface area (Å²) in [5.74, 6) is 0. The Morgan fingerprint density at radius 2 is 1.92 bits per heavy atom. The minimum Gasteiger partial charge on any atom is -0.387 e. The van der Waals surface area contributed by atoms with E-state index >= 15 is 0 Å². The Bertz CT molecular complexity index is 140. The first-order valence-electron chi connectivity index (χ1n) is 3.74. The van der Waals surface area contributed by atoms with Crippen molar-refractivity contribution in [2.24, 2.45) is 0 Å². The summed E-state index contributed by atoms with van der Waals surface area (Å²) >= 11 is 0. The van der Waals surface area contributed by atoms with E-state index in [0.29, 0.717) is 0 Å². The molecule has 2 N–H and O–H groups in total. The third kappa shape index (κ3) is 1.75. The van der Waals surface area contributed by atoms with Crippen LogP contribution in [0.15, 0.2) is 0 Å². The van der Waals surface area contributed by atoms with Gasteiger partial charge in [0.2, 0.25) is 0 Å². The molecule has 12 heavy (non-hydrogen) atoms. The van der Waals surface area contributed by atoms with Gasteiger partial charge in [0.05, 0.1) is 6.61 Å². The first-order valence-corrected chi connectivity index (χ1v) is 3.74. The molecule has 1 heterocycles. The van der Waals surface area contributed by atoms with E-state index in [1.807, 2.05) is 0 Å². The highest BCUT2D eigenvalue weighted by Crippen LogP contribution is 2.21. The molecule has 1 aliphatic rings. The molecule has 0 radical (unpaired) electrons. The van der Waals surface area contributed by atoms with E-state index < -0.39 is 24.6 Å². The highest BCUT2D eigenvalue weighted by Gasteiger charge is 2.42. The Balaban J connectivity index is 2.48. The highest BCUT2D eigenvalue weighted by atomic mass is 16.7. The second-order valence-electron chi connectivity index (χ2n) is 2.72. The van der Waals surface area contributed by atoms with Crippen LogP contribution in [0, 0.1) is 0 Å². The molecule has 4 unspecified atom stereocenters. The summed E-state index contributed by atoms with van der Waals surface area (Å²) in [7, 11) is 2.92. The maximum atomic E-state index is 9.36. The average molecular weight is 178 g/mol. The van der Waals surface area contributed by atoms with Gasteiger partial charge >= 0.3 is 0 Å². The minimum absolute atomic E-state index is 0.248. The van der Waals surface area contributed by atoms with Crippen LogP contribution < -0.4 is 0 Å². The smallest absolute Gasteiger partial charge is 0.186 e. The SMILES string of the molecule is COCC1OC(OC)C(O)C1O. The zero-order valence-electron chi connectivity index (χ0n) is 7.14. The van der Waals surface area contributed by atoms with Crippen molar-refractivity contribution < 1.29 is 24.4 Å². The molecule has 0 aromatic heterocycles. The molecule has 0 spiro atoms. The molecule has 1 rings (SSSR count). The Kier molecular flexibility index (Phi) is 3.42. The third-order valence-electron chi connectivity index (χ3n) is 1.88. The van der Waals surface area contributed by atoms with E-state index in [-0.39, 0.29) is 6.61 Å². The minimum atomic E-state index is -0.991. The second kappa shape index (κ2) is 4.15. The van der Waals surface area contributed by atoms with E-state index in [9.17, 15) is 10.2 Å². The largest absolute Gasteiger partial charge is 0.387 e. The Morgan fingerprint density at radius 1 is 1.25 bits per heavy atom. The first-order chi connectivity index (χ1) is 5.70. The van der Waals surface area contributed by atoms with Gasteiger partial charge in [-0.05, 0) is 0 Å². The number of hydrogen-bond donors (Lipinski definition) is 2. The molecule has 0 bridgehead atoms. The van der Waals surface area contributed by atoms with Gasteiger partial charge in [0, 0.05) is 14.2 Å². The molecule has 5 heteroatoms. The van der Waals surface area contributed by atoms with Gasteiger partial charge in [-0.3, -0.25) is 0 Å². The number of aliphatic hydroxyl groups excluding tert-OH is 2. The van der Waals surface area contributed by atoms with Crippen LogP contribution in [-0.4, -0.2) is 55.6 Å². The van der Waals surface area contributed by atoms with Gasteiger partial charge < -0.3 is 24.4 Å². The van der Waals surface area contributed by atoms with Gasteiger partial charge in [-0.25, -0.2) is 0 Å². The van der Waals surface area contributed by atoms with Crippen LogP contribution in [0.5, 0.6) is 0 Å². The summed E-state index contributed by atoms with van der Waals surface area (Å²) < 4.78 is 14.7. The molecule has 0 saturated carbocycles. The fourth-order valence-electron chi connectivity index (χ4n) is 1.21. The summed E-state index contributed by atoms with van der Waals surface area (Å²) in [6, 6.07) is 0. The lowest BCUT2D eigenvalue weighted by Crippen LogP contribution is -2.34. The zero-order valence-corrected chi connectivity index (χ0v) is 7.14. The van der Waals surface area contributed by atoms with Crippen molar-refractivity contribution in [2.45, 2.75) is 24.6 Å². The molecule has 5 nitrogen and oxygen atoms in total. The van der Waals surface area contributed by atoms with Crippen LogP contribution in [-0.2, 0) is 14.2 Å². The van der Waals surface area contributed by atoms with Crippen LogP contribution >= 0.6 is 0 Å². The van der Waals surface area contributed by atoms with Crippen molar-refractivity contribution in [1.82, 2.24) is 0 Å². The first kappa shape index (κ1) is 9.88. The third-order valence-corrected chi connectivity index (χ3v) is 1.88. The van der Waals surface area contributed by atoms with Gasteiger partial charge in [-0.15, -0.1) is 0 Å². The van der Waals surface area contributed by atoms with Gasteiger partial charge in [-0.2, -0.15) is 0 Å². The number of hydrogen-bond acceptors (Lipinski definition) is 5. The maximum Gasteiger partial charge on any atom is 0.186 e. The average Bonchev–Trinajstić information content (AvgIpc) is 2.33. The lowest BCUT2D eigenvalue weighted by Gasteiger charge is -2.11. The summed E-state index contributed by atoms with van der Waals surface area (Å²) in [5, 5.41) is 18.7. The van der Waals surface area contributed by atoms with Crippen LogP contribution in [0.2, 0.25) is 0 Å². The molecule has 1 aliphatic heterocycles. The van der Waals surface area contributed by atoms with Crippen LogP contribution in [0.4, 0.5) is 0 Å². The van der Waals surface area contributed by atoms with Gasteiger partial charge in [0.15, 0.2) is 6.29 Å². The molecule has 72 valence electrons. The van der Waals surface area contributed by atoms with Crippen LogP contribution in [0.25, 0.3) is 0 Å². The normalized spacial score (nSPS) is 42.0. The standard InChI is InChI=1S/C7H14O5/c1-10-3-4-5(8)6(9)7(11-2)12-4/h4-9H,3H2,1-2H3. The summed E-state index contributed by atoms with van der Waals surface area (Å²) in [5.41, 5.74) is 0. The van der Waals surface area contributed by atoms with Gasteiger partial charge in [0.25, 0.3) is 0 Å². The molecule has 1 fully saturated rings. The number of ether oxygens (including phenoxy) is 3. The van der Waals surface area contributed by atoms with E-state index in [4.69, 9.17) is 14.2 Å². The summed E-state index contributed by atoms with van der Waals surface area (Å²) in [6.45, 7) is 0.248. The number of rotatable bonds is 3. The van der Waals surface area contributed by atoms with Gasteiger partial charge in [0.1, 0.15) is 18.3 Å². The molecule has 0 amide bonds. The fraction of sp³-hybridized carbons (Fsp3) is 1.00. The monoisotopic (exact) mass is 178 g/mol. The highest BCUT2D eigenvalue weighted by molar-refractivity contribution is 4.86. The Morgan fingerprint density at radius 3 is 2.33 bits per heavy atom. The predicted octanol–water partition coefficient (Wildman–Crippen LogP) is -1.27. The van der Waals surface area contributed by atoms with Crippen molar-refractivity contribution in [2.75, 3.05) is 20.8 Å². The predicted molar refractivity (Wildman–Crippen MR) is 39.6 cm³/mol. The molecule has 0 aliphatic carbocycles. The Hall–Kier alpha value is -0.200. The van der Waals surface area contributed by atoms with Gasteiger partial charge in [-0.1, -0.05) is 0 Å². The molecule has 4 atom stereocenters. The summed E-state index contributed by atoms with van der Waals surface area (Å²) in [6.07, 6.45) is -3.18. The van der Waals surface area contributed by atoms with Crippen molar-refractivity contribution in [1.29, 1.82) is 0 Å². The number of methoxy groups -OCH3 is 2. The van der Waals surface area contributed by atoms with E-state index in [1.54, 1.807) is 0 Å². The van der Waals surface area contributed by atoms with Crippen LogP contribution in [0.1, 0.15) is 0 Å². The van der Waals surface area contributed by atoms with Crippen molar-refractivity contribution in [3.8, 4) is 0 Å². The molecule has 0 aromatic carbocycles. The fourth-order valence-corrected chi connectivity index (χ4v) is 1.21. The topological polar surface area (TPSA) is 68.2 Å². The van der Waals surface area contributed by atoms with E-state index in [2.05, 4.69) is 0 Å². The lowest BCUT2D eigenvalue weighted by molar-refractivity contribution is -0.154. The summed E-state index contributed by atoms with van der Waals surface area (Å²) in [4.78, 5) is 0. The van der Waals surface area contributed by atoms with E-state index in [0.717, 1.165) is 0 Å². The molecular formula is C7H14O5. The van der Waals surface area contributed by atoms with Crippen molar-refractivity contribution in [3.05, 3.63) is 0 Å². The van der Waals surface area contributed by atoms with Crippen LogP contribution in [0.3, 0.4) is 0 Å². The Labute approximate surface area is 70.9 Å². The van der Waals surface area contributed by atoms with Crippen molar-refractivity contribution >= 4 is 0 Å². The maximum absolute atomic E-state index is 9.36. The quantitative estimate of drug-likeness (QED) is 0.563. The number of aliphatic hydroxyl groups is 2. The van der Waals surface area contributed by atoms with Crippen molar-refractivity contribution in [3.63, 3.8) is 0 Å². The second-order valence-corrected chi connectivity index (χ2v) is 2.72. The van der Waals surface area contributed by atoms with E-state index in [1.165, 1.54) is 14.2 Å². The zero-order chi connectivity index (χ0) is 9.14.